The number of nitrogens with two attached hydrogens (primary N) is 1. The number of amides is 2. The van der Waals surface area contributed by atoms with Gasteiger partial charge >= 0.3 is 0 Å². The molecule has 9 nitrogen and oxygen atoms in total. The summed E-state index contributed by atoms with van der Waals surface area (Å²) in [4.78, 5) is 25.2. The molecular weight excluding hydrogens is 322 g/mol. The normalized spacial score (nSPS) is 10.7. The van der Waals surface area contributed by atoms with E-state index in [0.717, 1.165) is 13.0 Å². The highest BCUT2D eigenvalue weighted by molar-refractivity contribution is 5.96. The fourth-order valence-corrected chi connectivity index (χ4v) is 2.21. The zero-order valence-electron chi connectivity index (χ0n) is 14.6. The summed E-state index contributed by atoms with van der Waals surface area (Å²) >= 11 is 0. The lowest BCUT2D eigenvalue weighted by atomic mass is 10.2. The van der Waals surface area contributed by atoms with E-state index in [-0.39, 0.29) is 23.3 Å². The van der Waals surface area contributed by atoms with Crippen LogP contribution in [-0.4, -0.2) is 58.9 Å². The number of anilines is 2. The van der Waals surface area contributed by atoms with E-state index < -0.39 is 0 Å². The van der Waals surface area contributed by atoms with Crippen molar-refractivity contribution in [2.24, 2.45) is 0 Å². The Labute approximate surface area is 146 Å². The molecule has 0 bridgehead atoms. The first-order chi connectivity index (χ1) is 11.9. The monoisotopic (exact) mass is 345 g/mol. The highest BCUT2D eigenvalue weighted by Crippen LogP contribution is 2.17. The van der Waals surface area contributed by atoms with Crippen molar-refractivity contribution >= 4 is 23.3 Å². The van der Waals surface area contributed by atoms with Crippen LogP contribution in [0.3, 0.4) is 0 Å². The Morgan fingerprint density at radius 3 is 2.52 bits per heavy atom. The predicted molar refractivity (Wildman–Crippen MR) is 95.6 cm³/mol. The minimum absolute atomic E-state index is 0.0933. The van der Waals surface area contributed by atoms with Crippen molar-refractivity contribution < 1.29 is 9.59 Å². The third-order valence-corrected chi connectivity index (χ3v) is 3.42. The number of hydrogen-bond acceptors (Lipinski definition) is 6. The van der Waals surface area contributed by atoms with Gasteiger partial charge in [0.05, 0.1) is 5.69 Å². The van der Waals surface area contributed by atoms with Crippen molar-refractivity contribution in [2.45, 2.75) is 13.3 Å². The molecule has 4 N–H and O–H groups in total. The van der Waals surface area contributed by atoms with Gasteiger partial charge in [-0.3, -0.25) is 9.59 Å². The van der Waals surface area contributed by atoms with Gasteiger partial charge in [-0.2, -0.15) is 4.68 Å². The number of hydrogen-bond donors (Lipinski definition) is 3. The minimum atomic E-state index is -0.350. The van der Waals surface area contributed by atoms with Gasteiger partial charge in [-0.15, -0.1) is 5.10 Å². The average molecular weight is 345 g/mol. The lowest BCUT2D eigenvalue weighted by Crippen LogP contribution is -2.28. The van der Waals surface area contributed by atoms with E-state index in [4.69, 9.17) is 5.73 Å². The first-order valence-electron chi connectivity index (χ1n) is 7.90. The fourth-order valence-electron chi connectivity index (χ4n) is 2.21. The van der Waals surface area contributed by atoms with E-state index in [1.807, 2.05) is 19.0 Å². The summed E-state index contributed by atoms with van der Waals surface area (Å²) in [6.07, 6.45) is 0.831. The molecule has 134 valence electrons. The van der Waals surface area contributed by atoms with Crippen LogP contribution in [0.4, 0.5) is 11.5 Å². The molecule has 0 aliphatic carbocycles. The van der Waals surface area contributed by atoms with E-state index in [2.05, 4.69) is 20.9 Å². The minimum Gasteiger partial charge on any atom is -0.382 e. The molecule has 0 atom stereocenters. The van der Waals surface area contributed by atoms with Crippen molar-refractivity contribution in [1.29, 1.82) is 0 Å². The van der Waals surface area contributed by atoms with Crippen LogP contribution in [0.5, 0.6) is 0 Å². The first kappa shape index (κ1) is 18.4. The Morgan fingerprint density at radius 1 is 1.24 bits per heavy atom. The van der Waals surface area contributed by atoms with Crippen molar-refractivity contribution in [2.75, 3.05) is 38.2 Å². The molecule has 0 spiro atoms. The third kappa shape index (κ3) is 5.01. The largest absolute Gasteiger partial charge is 0.382 e. The van der Waals surface area contributed by atoms with Crippen LogP contribution in [0.25, 0.3) is 5.69 Å². The number of rotatable bonds is 7. The Balaban J connectivity index is 2.04. The summed E-state index contributed by atoms with van der Waals surface area (Å²) in [5.41, 5.74) is 7.41. The average Bonchev–Trinajstić information content (AvgIpc) is 2.93. The standard InChI is InChI=1S/C16H23N7O2/c1-11(24)19-12-5-7-13(8-6-12)23-15(17)14(20-21-23)16(25)18-9-4-10-22(2)3/h5-8H,4,9-10,17H2,1-3H3,(H,18,25)(H,19,24). The summed E-state index contributed by atoms with van der Waals surface area (Å²) in [5, 5.41) is 13.3. The number of nitrogens with zero attached hydrogens (tertiary/aromatic N) is 4. The number of carbonyl (C=O) groups excluding carboxylic acids is 2. The first-order valence-corrected chi connectivity index (χ1v) is 7.90. The number of carbonyl (C=O) groups is 2. The molecule has 0 saturated heterocycles. The Morgan fingerprint density at radius 2 is 1.92 bits per heavy atom. The van der Waals surface area contributed by atoms with Crippen LogP contribution in [0.2, 0.25) is 0 Å². The zero-order chi connectivity index (χ0) is 18.4. The molecule has 2 aromatic rings. The van der Waals surface area contributed by atoms with Crippen molar-refractivity contribution in [3.8, 4) is 5.69 Å². The lowest BCUT2D eigenvalue weighted by Gasteiger charge is -2.09. The molecule has 0 fully saturated rings. The molecule has 1 heterocycles. The van der Waals surface area contributed by atoms with E-state index >= 15 is 0 Å². The molecule has 0 saturated carbocycles. The van der Waals surface area contributed by atoms with Crippen molar-refractivity contribution in [3.05, 3.63) is 30.0 Å². The quantitative estimate of drug-likeness (QED) is 0.629. The molecule has 25 heavy (non-hydrogen) atoms. The second kappa shape index (κ2) is 8.25. The number of aromatic nitrogens is 3. The van der Waals surface area contributed by atoms with Crippen LogP contribution in [0, 0.1) is 0 Å². The van der Waals surface area contributed by atoms with Gasteiger partial charge in [0.2, 0.25) is 5.91 Å². The zero-order valence-corrected chi connectivity index (χ0v) is 14.6. The van der Waals surface area contributed by atoms with Crippen LogP contribution in [-0.2, 0) is 4.79 Å². The highest BCUT2D eigenvalue weighted by Gasteiger charge is 2.18. The number of nitrogens with one attached hydrogen (secondary N) is 2. The second-order valence-electron chi connectivity index (χ2n) is 5.88. The topological polar surface area (TPSA) is 118 Å². The van der Waals surface area contributed by atoms with Crippen LogP contribution >= 0.6 is 0 Å². The molecule has 9 heteroatoms. The fraction of sp³-hybridized carbons (Fsp3) is 0.375. The van der Waals surface area contributed by atoms with Gasteiger partial charge in [-0.25, -0.2) is 0 Å². The van der Waals surface area contributed by atoms with Gasteiger partial charge in [-0.05, 0) is 51.3 Å². The number of nitrogen functional groups attached to an aromatic ring is 1. The van der Waals surface area contributed by atoms with Crippen LogP contribution in [0.15, 0.2) is 24.3 Å². The molecule has 2 amide bonds. The SMILES string of the molecule is CC(=O)Nc1ccc(-n2nnc(C(=O)NCCCN(C)C)c2N)cc1. The predicted octanol–water partition coefficient (Wildman–Crippen LogP) is 0.489. The smallest absolute Gasteiger partial charge is 0.275 e. The Hall–Kier alpha value is -2.94. The van der Waals surface area contributed by atoms with E-state index in [1.54, 1.807) is 24.3 Å². The highest BCUT2D eigenvalue weighted by atomic mass is 16.2. The van der Waals surface area contributed by atoms with Crippen LogP contribution < -0.4 is 16.4 Å². The van der Waals surface area contributed by atoms with Gasteiger partial charge in [0.1, 0.15) is 0 Å². The Bertz CT molecular complexity index is 737. The lowest BCUT2D eigenvalue weighted by molar-refractivity contribution is -0.114. The Kier molecular flexibility index (Phi) is 6.07. The van der Waals surface area contributed by atoms with Gasteiger partial charge in [0.25, 0.3) is 5.91 Å². The molecule has 0 aliphatic heterocycles. The van der Waals surface area contributed by atoms with Crippen molar-refractivity contribution in [3.63, 3.8) is 0 Å². The molecule has 1 aromatic carbocycles. The second-order valence-corrected chi connectivity index (χ2v) is 5.88. The van der Waals surface area contributed by atoms with E-state index in [0.29, 0.717) is 17.9 Å². The maximum absolute atomic E-state index is 12.2. The van der Waals surface area contributed by atoms with Gasteiger partial charge in [-0.1, -0.05) is 5.21 Å². The summed E-state index contributed by atoms with van der Waals surface area (Å²) in [7, 11) is 3.95. The maximum Gasteiger partial charge on any atom is 0.275 e. The molecule has 1 aromatic heterocycles. The summed E-state index contributed by atoms with van der Waals surface area (Å²) < 4.78 is 1.38. The van der Waals surface area contributed by atoms with E-state index in [1.165, 1.54) is 11.6 Å². The molecule has 0 unspecified atom stereocenters. The van der Waals surface area contributed by atoms with Crippen LogP contribution in [0.1, 0.15) is 23.8 Å². The molecular formula is C16H23N7O2. The van der Waals surface area contributed by atoms with Gasteiger partial charge in [0.15, 0.2) is 11.5 Å². The van der Waals surface area contributed by atoms with Gasteiger partial charge in [0, 0.05) is 19.2 Å². The molecule has 0 aliphatic rings. The molecule has 2 rings (SSSR count). The summed E-state index contributed by atoms with van der Waals surface area (Å²) in [5.74, 6) is -0.337. The summed E-state index contributed by atoms with van der Waals surface area (Å²) in [6, 6.07) is 6.90. The molecule has 0 radical (unpaired) electrons. The maximum atomic E-state index is 12.2. The van der Waals surface area contributed by atoms with Crippen molar-refractivity contribution in [1.82, 2.24) is 25.2 Å². The number of benzene rings is 1. The van der Waals surface area contributed by atoms with Gasteiger partial charge < -0.3 is 21.3 Å². The summed E-state index contributed by atoms with van der Waals surface area (Å²) in [6.45, 7) is 2.85. The third-order valence-electron chi connectivity index (χ3n) is 3.42. The van der Waals surface area contributed by atoms with E-state index in [9.17, 15) is 9.59 Å².